The van der Waals surface area contributed by atoms with Gasteiger partial charge < -0.3 is 15.7 Å². The summed E-state index contributed by atoms with van der Waals surface area (Å²) in [5.74, 6) is 0.666. The van der Waals surface area contributed by atoms with Gasteiger partial charge in [0.15, 0.2) is 0 Å². The Bertz CT molecular complexity index is 494. The molecule has 0 bridgehead atoms. The summed E-state index contributed by atoms with van der Waals surface area (Å²) in [4.78, 5) is 18.9. The van der Waals surface area contributed by atoms with Gasteiger partial charge in [0.05, 0.1) is 9.11 Å². The number of rotatable bonds is 4. The zero-order valence-electron chi connectivity index (χ0n) is 10.8. The van der Waals surface area contributed by atoms with Gasteiger partial charge in [0.2, 0.25) is 5.28 Å². The molecule has 0 spiro atoms. The van der Waals surface area contributed by atoms with E-state index in [0.717, 1.165) is 29.3 Å². The molecule has 110 valence electrons. The van der Waals surface area contributed by atoms with Gasteiger partial charge in [0.1, 0.15) is 5.82 Å². The van der Waals surface area contributed by atoms with E-state index in [4.69, 9.17) is 16.7 Å². The fraction of sp³-hybridized carbons (Fsp3) is 0.583. The smallest absolute Gasteiger partial charge is 0.404 e. The van der Waals surface area contributed by atoms with Crippen LogP contribution >= 0.6 is 34.2 Å². The number of hydrogen-bond donors (Lipinski definition) is 3. The molecule has 1 aliphatic carbocycles. The summed E-state index contributed by atoms with van der Waals surface area (Å²) >= 11 is 7.97. The molecule has 0 aromatic carbocycles. The van der Waals surface area contributed by atoms with Gasteiger partial charge in [-0.1, -0.05) is 19.3 Å². The lowest BCUT2D eigenvalue weighted by Crippen LogP contribution is -2.50. The highest BCUT2D eigenvalue weighted by Gasteiger charge is 2.33. The van der Waals surface area contributed by atoms with Crippen LogP contribution in [0.1, 0.15) is 32.1 Å². The minimum Gasteiger partial charge on any atom is -0.465 e. The van der Waals surface area contributed by atoms with E-state index in [2.05, 4.69) is 43.2 Å². The average molecular weight is 411 g/mol. The van der Waals surface area contributed by atoms with Gasteiger partial charge >= 0.3 is 6.09 Å². The van der Waals surface area contributed by atoms with E-state index in [0.29, 0.717) is 12.4 Å². The predicted octanol–water partition coefficient (Wildman–Crippen LogP) is 3.12. The first-order chi connectivity index (χ1) is 9.51. The van der Waals surface area contributed by atoms with E-state index < -0.39 is 6.09 Å². The highest BCUT2D eigenvalue weighted by atomic mass is 127. The molecule has 1 aliphatic rings. The number of aromatic nitrogens is 2. The van der Waals surface area contributed by atoms with E-state index in [1.54, 1.807) is 6.20 Å². The van der Waals surface area contributed by atoms with Crippen molar-refractivity contribution >= 4 is 46.1 Å². The molecule has 0 radical (unpaired) electrons. The van der Waals surface area contributed by atoms with Crippen molar-refractivity contribution in [3.05, 3.63) is 15.1 Å². The highest BCUT2D eigenvalue weighted by Crippen LogP contribution is 2.32. The Kier molecular flexibility index (Phi) is 5.25. The van der Waals surface area contributed by atoms with E-state index in [9.17, 15) is 4.79 Å². The first-order valence-electron chi connectivity index (χ1n) is 6.44. The van der Waals surface area contributed by atoms with Crippen molar-refractivity contribution in [1.29, 1.82) is 0 Å². The van der Waals surface area contributed by atoms with Gasteiger partial charge in [-0.25, -0.2) is 9.78 Å². The van der Waals surface area contributed by atoms with Crippen LogP contribution in [0.25, 0.3) is 0 Å². The fourth-order valence-corrected chi connectivity index (χ4v) is 3.03. The van der Waals surface area contributed by atoms with Gasteiger partial charge in [-0.3, -0.25) is 0 Å². The Balaban J connectivity index is 2.18. The van der Waals surface area contributed by atoms with E-state index in [1.807, 2.05) is 0 Å². The summed E-state index contributed by atoms with van der Waals surface area (Å²) in [7, 11) is 0. The molecule has 1 fully saturated rings. The predicted molar refractivity (Wildman–Crippen MR) is 85.2 cm³/mol. The molecule has 20 heavy (non-hydrogen) atoms. The van der Waals surface area contributed by atoms with Gasteiger partial charge in [0, 0.05) is 12.7 Å². The van der Waals surface area contributed by atoms with Crippen molar-refractivity contribution in [2.24, 2.45) is 0 Å². The summed E-state index contributed by atoms with van der Waals surface area (Å²) in [5.41, 5.74) is -0.297. The number of nitrogens with one attached hydrogen (secondary N) is 2. The SMILES string of the molecule is O=C(O)NCC1(Nc2nc(Cl)ncc2I)CCCCC1. The number of hydrogen-bond acceptors (Lipinski definition) is 4. The Hall–Kier alpha value is -0.830. The molecule has 6 nitrogen and oxygen atoms in total. The van der Waals surface area contributed by atoms with Gasteiger partial charge in [-0.05, 0) is 47.0 Å². The molecule has 0 unspecified atom stereocenters. The summed E-state index contributed by atoms with van der Waals surface area (Å²) in [6.07, 6.45) is 5.79. The van der Waals surface area contributed by atoms with Crippen LogP contribution in [0.5, 0.6) is 0 Å². The second-order valence-electron chi connectivity index (χ2n) is 4.96. The molecular weight excluding hydrogens is 395 g/mol. The van der Waals surface area contributed by atoms with Crippen molar-refractivity contribution < 1.29 is 9.90 Å². The van der Waals surface area contributed by atoms with Gasteiger partial charge in [-0.15, -0.1) is 0 Å². The Morgan fingerprint density at radius 2 is 2.15 bits per heavy atom. The number of amides is 1. The molecule has 1 heterocycles. The monoisotopic (exact) mass is 410 g/mol. The molecular formula is C12H16ClIN4O2. The molecule has 0 saturated heterocycles. The Morgan fingerprint density at radius 3 is 2.80 bits per heavy atom. The van der Waals surface area contributed by atoms with Gasteiger partial charge in [-0.2, -0.15) is 4.98 Å². The summed E-state index contributed by atoms with van der Waals surface area (Å²) in [6.45, 7) is 0.361. The fourth-order valence-electron chi connectivity index (χ4n) is 2.50. The zero-order valence-corrected chi connectivity index (χ0v) is 13.7. The largest absolute Gasteiger partial charge is 0.465 e. The third-order valence-electron chi connectivity index (χ3n) is 3.49. The minimum atomic E-state index is -1.01. The van der Waals surface area contributed by atoms with Crippen LogP contribution in [0.2, 0.25) is 5.28 Å². The molecule has 0 atom stereocenters. The standard InChI is InChI=1S/C12H16ClIN4O2/c13-10-15-6-8(14)9(17-10)18-12(7-16-11(19)20)4-2-1-3-5-12/h6,16H,1-5,7H2,(H,19,20)(H,15,17,18). The lowest BCUT2D eigenvalue weighted by molar-refractivity contribution is 0.188. The maximum absolute atomic E-state index is 10.8. The quantitative estimate of drug-likeness (QED) is 0.524. The molecule has 0 aliphatic heterocycles. The summed E-state index contributed by atoms with van der Waals surface area (Å²) < 4.78 is 0.868. The average Bonchev–Trinajstić information content (AvgIpc) is 2.42. The molecule has 2 rings (SSSR count). The molecule has 1 aromatic rings. The minimum absolute atomic E-state index is 0.185. The normalized spacial score (nSPS) is 17.5. The van der Waals surface area contributed by atoms with Crippen LogP contribution in [0.4, 0.5) is 10.6 Å². The second kappa shape index (κ2) is 6.75. The van der Waals surface area contributed by atoms with Crippen molar-refractivity contribution in [3.63, 3.8) is 0 Å². The van der Waals surface area contributed by atoms with Crippen molar-refractivity contribution in [3.8, 4) is 0 Å². The van der Waals surface area contributed by atoms with Gasteiger partial charge in [0.25, 0.3) is 0 Å². The van der Waals surface area contributed by atoms with E-state index in [1.165, 1.54) is 6.42 Å². The molecule has 3 N–H and O–H groups in total. The van der Waals surface area contributed by atoms with Crippen LogP contribution in [0, 0.1) is 3.57 Å². The molecule has 1 aromatic heterocycles. The first-order valence-corrected chi connectivity index (χ1v) is 7.89. The highest BCUT2D eigenvalue weighted by molar-refractivity contribution is 14.1. The van der Waals surface area contributed by atoms with Crippen LogP contribution in [0.3, 0.4) is 0 Å². The summed E-state index contributed by atoms with van der Waals surface area (Å²) in [5, 5.41) is 14.9. The lowest BCUT2D eigenvalue weighted by Gasteiger charge is -2.38. The number of carboxylic acid groups (broad SMARTS) is 1. The van der Waals surface area contributed by atoms with E-state index in [-0.39, 0.29) is 10.8 Å². The number of nitrogens with zero attached hydrogens (tertiary/aromatic N) is 2. The van der Waals surface area contributed by atoms with Crippen molar-refractivity contribution in [2.75, 3.05) is 11.9 Å². The van der Waals surface area contributed by atoms with Crippen molar-refractivity contribution in [2.45, 2.75) is 37.6 Å². The first kappa shape index (κ1) is 15.6. The third-order valence-corrected chi connectivity index (χ3v) is 4.46. The Labute approximate surface area is 135 Å². The number of carbonyl (C=O) groups is 1. The maximum atomic E-state index is 10.8. The molecule has 8 heteroatoms. The van der Waals surface area contributed by atoms with Crippen LogP contribution in [-0.4, -0.2) is 33.3 Å². The molecule has 1 amide bonds. The third kappa shape index (κ3) is 4.08. The summed E-state index contributed by atoms with van der Waals surface area (Å²) in [6, 6.07) is 0. The van der Waals surface area contributed by atoms with Crippen LogP contribution in [0.15, 0.2) is 6.20 Å². The second-order valence-corrected chi connectivity index (χ2v) is 6.46. The van der Waals surface area contributed by atoms with Crippen molar-refractivity contribution in [1.82, 2.24) is 15.3 Å². The maximum Gasteiger partial charge on any atom is 0.404 e. The molecule has 1 saturated carbocycles. The Morgan fingerprint density at radius 1 is 1.45 bits per heavy atom. The van der Waals surface area contributed by atoms with Crippen LogP contribution in [-0.2, 0) is 0 Å². The number of anilines is 1. The van der Waals surface area contributed by atoms with E-state index >= 15 is 0 Å². The topological polar surface area (TPSA) is 87.1 Å². The lowest BCUT2D eigenvalue weighted by atomic mass is 9.81. The van der Waals surface area contributed by atoms with Crippen LogP contribution < -0.4 is 10.6 Å². The number of halogens is 2. The zero-order chi connectivity index (χ0) is 14.6.